The van der Waals surface area contributed by atoms with Gasteiger partial charge in [0.25, 0.3) is 0 Å². The molecular weight excluding hydrogens is 362 g/mol. The first-order chi connectivity index (χ1) is 12.3. The first-order valence-corrected chi connectivity index (χ1v) is 9.04. The first kappa shape index (κ1) is 18.2. The van der Waals surface area contributed by atoms with E-state index in [2.05, 4.69) is 64.2 Å². The second-order valence-electron chi connectivity index (χ2n) is 5.92. The van der Waals surface area contributed by atoms with E-state index in [1.807, 2.05) is 24.5 Å². The van der Waals surface area contributed by atoms with Gasteiger partial charge in [-0.1, -0.05) is 29.5 Å². The van der Waals surface area contributed by atoms with E-state index in [-0.39, 0.29) is 12.4 Å². The molecule has 0 saturated carbocycles. The number of para-hydroxylation sites is 1. The number of pyridine rings is 2. The largest absolute Gasteiger partial charge is 1.00 e. The molecule has 26 heavy (non-hydrogen) atoms. The molecule has 5 heteroatoms. The maximum absolute atomic E-state index is 4.31. The summed E-state index contributed by atoms with van der Waals surface area (Å²) in [5, 5.41) is 0. The standard InChI is InChI=1S/C21H18N3S.ClH/c1-15-16(2)25-14-24(15)21-19(17-6-4-10-22-12-17)8-3-9-20(21)18-7-5-11-23-13-18;/h3-14H,1-2H3;1H/q+1;/p-1. The van der Waals surface area contributed by atoms with Crippen LogP contribution in [0.25, 0.3) is 27.9 Å². The van der Waals surface area contributed by atoms with Gasteiger partial charge in [-0.25, -0.2) is 0 Å². The molecule has 0 bridgehead atoms. The first-order valence-electron chi connectivity index (χ1n) is 8.16. The van der Waals surface area contributed by atoms with E-state index in [1.165, 1.54) is 27.4 Å². The molecule has 0 saturated heterocycles. The van der Waals surface area contributed by atoms with Gasteiger partial charge in [0.1, 0.15) is 0 Å². The molecular formula is C21H18ClN3S. The van der Waals surface area contributed by atoms with Gasteiger partial charge < -0.3 is 12.4 Å². The highest BCUT2D eigenvalue weighted by atomic mass is 35.5. The molecule has 0 atom stereocenters. The summed E-state index contributed by atoms with van der Waals surface area (Å²) in [6, 6.07) is 14.6. The lowest BCUT2D eigenvalue weighted by molar-refractivity contribution is -0.596. The van der Waals surface area contributed by atoms with Gasteiger partial charge in [-0.05, 0) is 31.2 Å². The zero-order chi connectivity index (χ0) is 17.2. The summed E-state index contributed by atoms with van der Waals surface area (Å²) < 4.78 is 2.28. The molecule has 130 valence electrons. The highest BCUT2D eigenvalue weighted by Crippen LogP contribution is 2.33. The number of nitrogens with zero attached hydrogens (tertiary/aromatic N) is 3. The molecule has 0 radical (unpaired) electrons. The number of hydrogen-bond acceptors (Lipinski definition) is 3. The molecule has 3 heterocycles. The van der Waals surface area contributed by atoms with Crippen LogP contribution in [-0.2, 0) is 0 Å². The molecule has 3 nitrogen and oxygen atoms in total. The fourth-order valence-electron chi connectivity index (χ4n) is 3.00. The summed E-state index contributed by atoms with van der Waals surface area (Å²) in [7, 11) is 0. The Balaban J connectivity index is 0.00000196. The molecule has 0 aliphatic rings. The van der Waals surface area contributed by atoms with Crippen molar-refractivity contribution in [1.29, 1.82) is 0 Å². The van der Waals surface area contributed by atoms with E-state index in [4.69, 9.17) is 0 Å². The van der Waals surface area contributed by atoms with E-state index in [9.17, 15) is 0 Å². The van der Waals surface area contributed by atoms with Gasteiger partial charge in [0.05, 0.1) is 16.0 Å². The topological polar surface area (TPSA) is 29.7 Å². The molecule has 3 aromatic heterocycles. The van der Waals surface area contributed by atoms with Gasteiger partial charge in [-0.3, -0.25) is 9.97 Å². The van der Waals surface area contributed by atoms with Crippen LogP contribution in [-0.4, -0.2) is 9.97 Å². The molecule has 0 aliphatic carbocycles. The minimum Gasteiger partial charge on any atom is -1.00 e. The number of aromatic nitrogens is 3. The fourth-order valence-corrected chi connectivity index (χ4v) is 3.80. The van der Waals surface area contributed by atoms with Crippen LogP contribution < -0.4 is 17.0 Å². The highest BCUT2D eigenvalue weighted by Gasteiger charge is 2.24. The molecule has 4 rings (SSSR count). The molecule has 0 aliphatic heterocycles. The second kappa shape index (κ2) is 7.77. The Bertz CT molecular complexity index is 956. The van der Waals surface area contributed by atoms with E-state index in [0.717, 1.165) is 11.1 Å². The monoisotopic (exact) mass is 379 g/mol. The third-order valence-electron chi connectivity index (χ3n) is 4.43. The number of rotatable bonds is 3. The predicted octanol–water partition coefficient (Wildman–Crippen LogP) is 1.77. The predicted molar refractivity (Wildman–Crippen MR) is 102 cm³/mol. The smallest absolute Gasteiger partial charge is 0.231 e. The van der Waals surface area contributed by atoms with E-state index >= 15 is 0 Å². The third kappa shape index (κ3) is 3.26. The molecule has 0 amide bonds. The number of hydrogen-bond donors (Lipinski definition) is 0. The number of benzene rings is 1. The van der Waals surface area contributed by atoms with Crippen LogP contribution in [0.3, 0.4) is 0 Å². The lowest BCUT2D eigenvalue weighted by Gasteiger charge is -2.10. The Hall–Kier alpha value is -2.56. The van der Waals surface area contributed by atoms with Gasteiger partial charge in [-0.2, -0.15) is 4.57 Å². The zero-order valence-corrected chi connectivity index (χ0v) is 16.1. The maximum atomic E-state index is 4.31. The zero-order valence-electron chi connectivity index (χ0n) is 14.6. The van der Waals surface area contributed by atoms with E-state index in [1.54, 1.807) is 23.7 Å². The van der Waals surface area contributed by atoms with Crippen molar-refractivity contribution >= 4 is 11.3 Å². The van der Waals surface area contributed by atoms with Crippen molar-refractivity contribution in [3.05, 3.63) is 83.3 Å². The molecule has 0 spiro atoms. The Labute approximate surface area is 163 Å². The van der Waals surface area contributed by atoms with Crippen molar-refractivity contribution in [2.24, 2.45) is 0 Å². The summed E-state index contributed by atoms with van der Waals surface area (Å²) >= 11 is 1.77. The Morgan fingerprint density at radius 3 is 1.81 bits per heavy atom. The minimum absolute atomic E-state index is 0. The fraction of sp³-hybridized carbons (Fsp3) is 0.0952. The summed E-state index contributed by atoms with van der Waals surface area (Å²) in [5.41, 5.74) is 9.16. The molecule has 0 unspecified atom stereocenters. The lowest BCUT2D eigenvalue weighted by Crippen LogP contribution is -3.00. The molecule has 0 fully saturated rings. The number of aryl methyl sites for hydroxylation is 1. The summed E-state index contributed by atoms with van der Waals surface area (Å²) in [6.45, 7) is 4.33. The minimum atomic E-state index is 0. The number of halogens is 1. The van der Waals surface area contributed by atoms with Gasteiger partial charge in [0.15, 0.2) is 5.69 Å². The van der Waals surface area contributed by atoms with Crippen LogP contribution >= 0.6 is 11.3 Å². The van der Waals surface area contributed by atoms with Gasteiger partial charge in [-0.15, -0.1) is 0 Å². The molecule has 4 aromatic rings. The van der Waals surface area contributed by atoms with Crippen molar-refractivity contribution in [3.63, 3.8) is 0 Å². The van der Waals surface area contributed by atoms with Crippen molar-refractivity contribution in [3.8, 4) is 27.9 Å². The Morgan fingerprint density at radius 1 is 0.808 bits per heavy atom. The highest BCUT2D eigenvalue weighted by molar-refractivity contribution is 7.09. The van der Waals surface area contributed by atoms with Gasteiger partial charge >= 0.3 is 0 Å². The quantitative estimate of drug-likeness (QED) is 0.508. The van der Waals surface area contributed by atoms with Crippen LogP contribution in [0.4, 0.5) is 0 Å². The number of thiazole rings is 1. The molecule has 0 N–H and O–H groups in total. The Morgan fingerprint density at radius 2 is 1.38 bits per heavy atom. The normalized spacial score (nSPS) is 10.4. The average molecular weight is 380 g/mol. The van der Waals surface area contributed by atoms with Crippen LogP contribution in [0.5, 0.6) is 0 Å². The SMILES string of the molecule is Cc1sc[n+](-c2c(-c3cccnc3)cccc2-c2cccnc2)c1C.[Cl-]. The summed E-state index contributed by atoms with van der Waals surface area (Å²) in [4.78, 5) is 9.93. The third-order valence-corrected chi connectivity index (χ3v) is 5.39. The maximum Gasteiger partial charge on any atom is 0.231 e. The van der Waals surface area contributed by atoms with Crippen molar-refractivity contribution in [2.45, 2.75) is 13.8 Å². The van der Waals surface area contributed by atoms with Gasteiger partial charge in [0, 0.05) is 42.8 Å². The van der Waals surface area contributed by atoms with Crippen molar-refractivity contribution in [1.82, 2.24) is 9.97 Å². The summed E-state index contributed by atoms with van der Waals surface area (Å²) in [5.74, 6) is 0. The van der Waals surface area contributed by atoms with E-state index < -0.39 is 0 Å². The average Bonchev–Trinajstić information content (AvgIpc) is 3.01. The summed E-state index contributed by atoms with van der Waals surface area (Å²) in [6.07, 6.45) is 7.45. The van der Waals surface area contributed by atoms with Crippen molar-refractivity contribution < 1.29 is 17.0 Å². The van der Waals surface area contributed by atoms with Crippen LogP contribution in [0.1, 0.15) is 10.6 Å². The van der Waals surface area contributed by atoms with Crippen molar-refractivity contribution in [2.75, 3.05) is 0 Å². The van der Waals surface area contributed by atoms with Gasteiger partial charge in [0.2, 0.25) is 11.2 Å². The van der Waals surface area contributed by atoms with Crippen LogP contribution in [0.2, 0.25) is 0 Å². The molecule has 1 aromatic carbocycles. The van der Waals surface area contributed by atoms with E-state index in [0.29, 0.717) is 0 Å². The Kier molecular flexibility index (Phi) is 5.45. The van der Waals surface area contributed by atoms with Crippen LogP contribution in [0.15, 0.2) is 72.8 Å². The van der Waals surface area contributed by atoms with Crippen LogP contribution in [0, 0.1) is 13.8 Å². The second-order valence-corrected chi connectivity index (χ2v) is 6.98. The lowest BCUT2D eigenvalue weighted by atomic mass is 9.97.